The van der Waals surface area contributed by atoms with Crippen LogP contribution in [0.25, 0.3) is 0 Å². The Balaban J connectivity index is 2.02. The van der Waals surface area contributed by atoms with E-state index in [1.807, 2.05) is 29.8 Å². The molecule has 6 heteroatoms. The number of halogens is 1. The number of aryl methyl sites for hydroxylation is 1. The van der Waals surface area contributed by atoms with Crippen molar-refractivity contribution in [1.82, 2.24) is 20.1 Å². The minimum atomic E-state index is 0.415. The molecule has 1 aromatic carbocycles. The summed E-state index contributed by atoms with van der Waals surface area (Å²) in [4.78, 5) is 0. The molecule has 2 rings (SSSR count). The third-order valence-corrected chi connectivity index (χ3v) is 3.53. The largest absolute Gasteiger partial charge is 0.486 e. The van der Waals surface area contributed by atoms with Gasteiger partial charge in [0.15, 0.2) is 5.82 Å². The minimum Gasteiger partial charge on any atom is -0.486 e. The van der Waals surface area contributed by atoms with Crippen molar-refractivity contribution in [1.29, 1.82) is 0 Å². The highest BCUT2D eigenvalue weighted by Crippen LogP contribution is 2.23. The highest BCUT2D eigenvalue weighted by Gasteiger charge is 2.05. The van der Waals surface area contributed by atoms with Crippen LogP contribution in [0.4, 0.5) is 0 Å². The van der Waals surface area contributed by atoms with Crippen LogP contribution >= 0.6 is 15.9 Å². The fraction of sp³-hybridized carbons (Fsp3) is 0.385. The molecule has 0 aliphatic heterocycles. The third-order valence-electron chi connectivity index (χ3n) is 2.76. The van der Waals surface area contributed by atoms with Crippen LogP contribution in [0.15, 0.2) is 29.0 Å². The van der Waals surface area contributed by atoms with E-state index in [4.69, 9.17) is 4.74 Å². The molecule has 0 fully saturated rings. The Morgan fingerprint density at radius 1 is 1.42 bits per heavy atom. The van der Waals surface area contributed by atoms with Crippen LogP contribution in [-0.4, -0.2) is 21.3 Å². The Kier molecular flexibility index (Phi) is 4.93. The molecule has 0 aliphatic carbocycles. The average molecular weight is 325 g/mol. The van der Waals surface area contributed by atoms with Crippen LogP contribution in [0.1, 0.15) is 18.3 Å². The highest BCUT2D eigenvalue weighted by atomic mass is 79.9. The Bertz CT molecular complexity index is 541. The molecule has 0 unspecified atom stereocenters. The summed E-state index contributed by atoms with van der Waals surface area (Å²) < 4.78 is 8.66. The van der Waals surface area contributed by atoms with Gasteiger partial charge in [0, 0.05) is 18.1 Å². The molecular weight excluding hydrogens is 308 g/mol. The zero-order valence-electron chi connectivity index (χ0n) is 11.1. The topological polar surface area (TPSA) is 52.0 Å². The van der Waals surface area contributed by atoms with Crippen molar-refractivity contribution in [2.75, 3.05) is 6.54 Å². The van der Waals surface area contributed by atoms with E-state index in [9.17, 15) is 0 Å². The number of rotatable bonds is 6. The van der Waals surface area contributed by atoms with Crippen LogP contribution in [0.3, 0.4) is 0 Å². The Hall–Kier alpha value is -1.40. The molecule has 0 atom stereocenters. The molecule has 0 bridgehead atoms. The number of hydrogen-bond acceptors (Lipinski definition) is 4. The molecular formula is C13H17BrN4O. The van der Waals surface area contributed by atoms with Gasteiger partial charge in [0.25, 0.3) is 0 Å². The summed E-state index contributed by atoms with van der Waals surface area (Å²) in [5, 5.41) is 11.1. The fourth-order valence-electron chi connectivity index (χ4n) is 1.62. The Morgan fingerprint density at radius 2 is 2.26 bits per heavy atom. The molecule has 1 aromatic heterocycles. The second kappa shape index (κ2) is 6.68. The van der Waals surface area contributed by atoms with Crippen molar-refractivity contribution in [3.63, 3.8) is 0 Å². The second-order valence-electron chi connectivity index (χ2n) is 4.18. The first kappa shape index (κ1) is 14.0. The number of nitrogens with zero attached hydrogens (tertiary/aromatic N) is 3. The molecule has 0 saturated carbocycles. The van der Waals surface area contributed by atoms with Gasteiger partial charge in [-0.2, -0.15) is 0 Å². The lowest BCUT2D eigenvalue weighted by molar-refractivity contribution is 0.291. The van der Waals surface area contributed by atoms with E-state index in [0.717, 1.165) is 29.1 Å². The maximum atomic E-state index is 5.73. The van der Waals surface area contributed by atoms with E-state index in [0.29, 0.717) is 6.61 Å². The van der Waals surface area contributed by atoms with Gasteiger partial charge in [0.1, 0.15) is 18.7 Å². The SMILES string of the molecule is CCNCc1cc(OCc2nncn2C)ccc1Br. The lowest BCUT2D eigenvalue weighted by Crippen LogP contribution is -2.12. The number of nitrogens with one attached hydrogen (secondary N) is 1. The van der Waals surface area contributed by atoms with Crippen molar-refractivity contribution >= 4 is 15.9 Å². The first-order valence-corrected chi connectivity index (χ1v) is 6.94. The number of hydrogen-bond donors (Lipinski definition) is 1. The van der Waals surface area contributed by atoms with Gasteiger partial charge in [-0.05, 0) is 30.3 Å². The van der Waals surface area contributed by atoms with Crippen LogP contribution in [0.5, 0.6) is 5.75 Å². The van der Waals surface area contributed by atoms with E-state index in [-0.39, 0.29) is 0 Å². The van der Waals surface area contributed by atoms with E-state index in [1.54, 1.807) is 6.33 Å². The van der Waals surface area contributed by atoms with Gasteiger partial charge in [-0.15, -0.1) is 10.2 Å². The van der Waals surface area contributed by atoms with Crippen molar-refractivity contribution in [3.05, 3.63) is 40.4 Å². The normalized spacial score (nSPS) is 10.7. The van der Waals surface area contributed by atoms with Gasteiger partial charge in [0.05, 0.1) is 0 Å². The minimum absolute atomic E-state index is 0.415. The van der Waals surface area contributed by atoms with Crippen LogP contribution in [-0.2, 0) is 20.2 Å². The smallest absolute Gasteiger partial charge is 0.170 e. The number of ether oxygens (including phenoxy) is 1. The zero-order chi connectivity index (χ0) is 13.7. The molecule has 1 heterocycles. The van der Waals surface area contributed by atoms with Gasteiger partial charge in [-0.3, -0.25) is 0 Å². The van der Waals surface area contributed by atoms with Crippen LogP contribution in [0.2, 0.25) is 0 Å². The summed E-state index contributed by atoms with van der Waals surface area (Å²) >= 11 is 3.54. The molecule has 2 aromatic rings. The summed E-state index contributed by atoms with van der Waals surface area (Å²) in [5.74, 6) is 1.63. The molecule has 19 heavy (non-hydrogen) atoms. The highest BCUT2D eigenvalue weighted by molar-refractivity contribution is 9.10. The van der Waals surface area contributed by atoms with E-state index in [2.05, 4.69) is 38.4 Å². The maximum absolute atomic E-state index is 5.73. The summed E-state index contributed by atoms with van der Waals surface area (Å²) in [7, 11) is 1.90. The number of aromatic nitrogens is 3. The van der Waals surface area contributed by atoms with E-state index in [1.165, 1.54) is 5.56 Å². The van der Waals surface area contributed by atoms with Gasteiger partial charge >= 0.3 is 0 Å². The van der Waals surface area contributed by atoms with Crippen LogP contribution < -0.4 is 10.1 Å². The zero-order valence-corrected chi connectivity index (χ0v) is 12.6. The van der Waals surface area contributed by atoms with Gasteiger partial charge in [-0.25, -0.2) is 0 Å². The maximum Gasteiger partial charge on any atom is 0.170 e. The first-order chi connectivity index (χ1) is 9.20. The standard InChI is InChI=1S/C13H17BrN4O/c1-3-15-7-10-6-11(4-5-12(10)14)19-8-13-17-16-9-18(13)2/h4-6,9,15H,3,7-8H2,1-2H3. The quantitative estimate of drug-likeness (QED) is 0.885. The van der Waals surface area contributed by atoms with E-state index >= 15 is 0 Å². The Morgan fingerprint density at radius 3 is 2.95 bits per heavy atom. The lowest BCUT2D eigenvalue weighted by atomic mass is 10.2. The first-order valence-electron chi connectivity index (χ1n) is 6.15. The predicted molar refractivity (Wildman–Crippen MR) is 76.9 cm³/mol. The summed E-state index contributed by atoms with van der Waals surface area (Å²) in [6.07, 6.45) is 1.66. The summed E-state index contributed by atoms with van der Waals surface area (Å²) in [6.45, 7) is 4.26. The van der Waals surface area contributed by atoms with Crippen molar-refractivity contribution < 1.29 is 4.74 Å². The van der Waals surface area contributed by atoms with Gasteiger partial charge < -0.3 is 14.6 Å². The molecule has 0 saturated heterocycles. The molecule has 0 amide bonds. The van der Waals surface area contributed by atoms with E-state index < -0.39 is 0 Å². The fourth-order valence-corrected chi connectivity index (χ4v) is 2.01. The predicted octanol–water partition coefficient (Wildman–Crippen LogP) is 2.27. The summed E-state index contributed by atoms with van der Waals surface area (Å²) in [6, 6.07) is 5.97. The Labute approximate surface area is 121 Å². The van der Waals surface area contributed by atoms with Crippen molar-refractivity contribution in [2.45, 2.75) is 20.1 Å². The second-order valence-corrected chi connectivity index (χ2v) is 5.03. The van der Waals surface area contributed by atoms with Crippen LogP contribution in [0, 0.1) is 0 Å². The molecule has 0 radical (unpaired) electrons. The monoisotopic (exact) mass is 324 g/mol. The molecule has 102 valence electrons. The lowest BCUT2D eigenvalue weighted by Gasteiger charge is -2.10. The molecule has 0 aliphatic rings. The molecule has 0 spiro atoms. The van der Waals surface area contributed by atoms with Crippen molar-refractivity contribution in [3.8, 4) is 5.75 Å². The molecule has 5 nitrogen and oxygen atoms in total. The average Bonchev–Trinajstić information content (AvgIpc) is 2.82. The third kappa shape index (κ3) is 3.78. The summed E-state index contributed by atoms with van der Waals surface area (Å²) in [5.41, 5.74) is 1.18. The van der Waals surface area contributed by atoms with Gasteiger partial charge in [-0.1, -0.05) is 22.9 Å². The van der Waals surface area contributed by atoms with Gasteiger partial charge in [0.2, 0.25) is 0 Å². The van der Waals surface area contributed by atoms with Crippen molar-refractivity contribution in [2.24, 2.45) is 7.05 Å². The molecule has 1 N–H and O–H groups in total. The number of benzene rings is 1.